The number of ether oxygens (including phenoxy) is 1. The average molecular weight is 403 g/mol. The topological polar surface area (TPSA) is 32.8 Å². The molecule has 0 N–H and O–H groups in total. The van der Waals surface area contributed by atoms with Crippen LogP contribution in [0.25, 0.3) is 0 Å². The van der Waals surface area contributed by atoms with Crippen molar-refractivity contribution < 1.29 is 9.53 Å². The standard InChI is InChI=1S/C23H34N2O2S/c1-28-17-23(26)25(16-22-7-4-12-27-22)15-18-8-10-24(11-9-18)21-13-19-5-2-3-6-20(19)14-21/h2-3,5-6,18,21-22H,4,7-17H2,1H3/t22-/m1/s1. The fraction of sp³-hybridized carbons (Fsp3) is 0.696. The van der Waals surface area contributed by atoms with Gasteiger partial charge in [0.1, 0.15) is 0 Å². The molecule has 0 spiro atoms. The van der Waals surface area contributed by atoms with E-state index < -0.39 is 0 Å². The normalized spacial score (nSPS) is 23.8. The Morgan fingerprint density at radius 2 is 1.86 bits per heavy atom. The van der Waals surface area contributed by atoms with Crippen LogP contribution >= 0.6 is 11.8 Å². The minimum absolute atomic E-state index is 0.253. The van der Waals surface area contributed by atoms with E-state index in [9.17, 15) is 4.79 Å². The molecular formula is C23H34N2O2S. The first kappa shape index (κ1) is 20.2. The van der Waals surface area contributed by atoms with Crippen LogP contribution in [0.1, 0.15) is 36.8 Å². The molecule has 0 bridgehead atoms. The molecule has 4 nitrogen and oxygen atoms in total. The summed E-state index contributed by atoms with van der Waals surface area (Å²) in [4.78, 5) is 17.5. The van der Waals surface area contributed by atoms with Crippen molar-refractivity contribution in [1.82, 2.24) is 9.80 Å². The monoisotopic (exact) mass is 402 g/mol. The Morgan fingerprint density at radius 1 is 1.14 bits per heavy atom. The Kier molecular flexibility index (Phi) is 6.97. The first-order valence-electron chi connectivity index (χ1n) is 10.9. The van der Waals surface area contributed by atoms with E-state index in [0.29, 0.717) is 17.7 Å². The predicted octanol–water partition coefficient (Wildman–Crippen LogP) is 3.24. The maximum atomic E-state index is 12.6. The van der Waals surface area contributed by atoms with Crippen molar-refractivity contribution in [3.05, 3.63) is 35.4 Å². The molecule has 0 aromatic heterocycles. The lowest BCUT2D eigenvalue weighted by Crippen LogP contribution is -2.46. The number of rotatable bonds is 7. The zero-order chi connectivity index (χ0) is 19.3. The molecule has 1 aromatic carbocycles. The highest BCUT2D eigenvalue weighted by Gasteiger charge is 2.31. The van der Waals surface area contributed by atoms with Crippen molar-refractivity contribution in [2.75, 3.05) is 44.8 Å². The Hall–Kier alpha value is -1.04. The van der Waals surface area contributed by atoms with Gasteiger partial charge in [0, 0.05) is 25.7 Å². The molecule has 0 saturated carbocycles. The smallest absolute Gasteiger partial charge is 0.232 e. The van der Waals surface area contributed by atoms with Gasteiger partial charge in [0.05, 0.1) is 11.9 Å². The lowest BCUT2D eigenvalue weighted by Gasteiger charge is -2.38. The highest BCUT2D eigenvalue weighted by atomic mass is 32.2. The van der Waals surface area contributed by atoms with Gasteiger partial charge in [0.25, 0.3) is 0 Å². The maximum absolute atomic E-state index is 12.6. The summed E-state index contributed by atoms with van der Waals surface area (Å²) in [5.74, 6) is 1.51. The van der Waals surface area contributed by atoms with E-state index in [0.717, 1.165) is 32.5 Å². The molecule has 154 valence electrons. The van der Waals surface area contributed by atoms with Crippen molar-refractivity contribution in [3.63, 3.8) is 0 Å². The van der Waals surface area contributed by atoms with Crippen LogP contribution in [0.15, 0.2) is 24.3 Å². The summed E-state index contributed by atoms with van der Waals surface area (Å²) < 4.78 is 5.81. The average Bonchev–Trinajstić information content (AvgIpc) is 3.37. The number of piperidine rings is 1. The molecule has 5 heteroatoms. The molecule has 2 saturated heterocycles. The van der Waals surface area contributed by atoms with Gasteiger partial charge in [-0.05, 0) is 74.9 Å². The van der Waals surface area contributed by atoms with Crippen molar-refractivity contribution in [2.24, 2.45) is 5.92 Å². The number of fused-ring (bicyclic) bond motifs is 1. The number of nitrogens with zero attached hydrogens (tertiary/aromatic N) is 2. The first-order valence-corrected chi connectivity index (χ1v) is 12.3. The number of thioether (sulfide) groups is 1. The van der Waals surface area contributed by atoms with Gasteiger partial charge in [-0.2, -0.15) is 11.8 Å². The van der Waals surface area contributed by atoms with Gasteiger partial charge in [0.2, 0.25) is 5.91 Å². The number of carbonyl (C=O) groups excluding carboxylic acids is 1. The van der Waals surface area contributed by atoms with E-state index in [1.54, 1.807) is 22.9 Å². The zero-order valence-electron chi connectivity index (χ0n) is 17.1. The summed E-state index contributed by atoms with van der Waals surface area (Å²) in [6, 6.07) is 9.60. The van der Waals surface area contributed by atoms with Crippen LogP contribution in [-0.2, 0) is 22.4 Å². The molecule has 1 atom stereocenters. The van der Waals surface area contributed by atoms with Crippen LogP contribution in [0.5, 0.6) is 0 Å². The third-order valence-corrected chi connectivity index (χ3v) is 7.28. The van der Waals surface area contributed by atoms with Gasteiger partial charge in [-0.1, -0.05) is 24.3 Å². The minimum Gasteiger partial charge on any atom is -0.376 e. The number of carbonyl (C=O) groups is 1. The second-order valence-corrected chi connectivity index (χ2v) is 9.54. The van der Waals surface area contributed by atoms with Crippen LogP contribution in [-0.4, -0.2) is 72.6 Å². The summed E-state index contributed by atoms with van der Waals surface area (Å²) in [5, 5.41) is 0. The summed E-state index contributed by atoms with van der Waals surface area (Å²) in [6.07, 6.45) is 9.34. The molecular weight excluding hydrogens is 368 g/mol. The summed E-state index contributed by atoms with van der Waals surface area (Å²) >= 11 is 1.63. The summed E-state index contributed by atoms with van der Waals surface area (Å²) in [6.45, 7) is 4.91. The van der Waals surface area contributed by atoms with E-state index in [1.807, 2.05) is 6.26 Å². The van der Waals surface area contributed by atoms with E-state index in [2.05, 4.69) is 34.1 Å². The Labute approximate surface area is 174 Å². The fourth-order valence-electron chi connectivity index (χ4n) is 5.13. The molecule has 1 amide bonds. The second kappa shape index (κ2) is 9.64. The zero-order valence-corrected chi connectivity index (χ0v) is 18.0. The number of hydrogen-bond acceptors (Lipinski definition) is 4. The predicted molar refractivity (Wildman–Crippen MR) is 116 cm³/mol. The lowest BCUT2D eigenvalue weighted by atomic mass is 9.94. The Bertz CT molecular complexity index is 629. The van der Waals surface area contributed by atoms with Crippen LogP contribution in [0.3, 0.4) is 0 Å². The Morgan fingerprint density at radius 3 is 2.46 bits per heavy atom. The second-order valence-electron chi connectivity index (χ2n) is 8.68. The van der Waals surface area contributed by atoms with E-state index in [-0.39, 0.29) is 12.0 Å². The van der Waals surface area contributed by atoms with Gasteiger partial charge in [-0.15, -0.1) is 0 Å². The maximum Gasteiger partial charge on any atom is 0.232 e. The molecule has 0 unspecified atom stereocenters. The van der Waals surface area contributed by atoms with E-state index in [1.165, 1.54) is 38.8 Å². The highest BCUT2D eigenvalue weighted by molar-refractivity contribution is 7.99. The quantitative estimate of drug-likeness (QED) is 0.701. The molecule has 2 aliphatic heterocycles. The van der Waals surface area contributed by atoms with Gasteiger partial charge in [-0.3, -0.25) is 9.69 Å². The van der Waals surface area contributed by atoms with Crippen molar-refractivity contribution in [3.8, 4) is 0 Å². The van der Waals surface area contributed by atoms with Gasteiger partial charge >= 0.3 is 0 Å². The molecule has 28 heavy (non-hydrogen) atoms. The Balaban J connectivity index is 1.28. The van der Waals surface area contributed by atoms with Crippen molar-refractivity contribution >= 4 is 17.7 Å². The number of hydrogen-bond donors (Lipinski definition) is 0. The minimum atomic E-state index is 0.253. The fourth-order valence-corrected chi connectivity index (χ4v) is 5.56. The third-order valence-electron chi connectivity index (χ3n) is 6.74. The molecule has 1 aromatic rings. The first-order chi connectivity index (χ1) is 13.7. The molecule has 2 heterocycles. The van der Waals surface area contributed by atoms with Crippen LogP contribution < -0.4 is 0 Å². The van der Waals surface area contributed by atoms with Crippen LogP contribution in [0, 0.1) is 5.92 Å². The molecule has 2 fully saturated rings. The summed E-state index contributed by atoms with van der Waals surface area (Å²) in [5.41, 5.74) is 3.08. The van der Waals surface area contributed by atoms with Crippen LogP contribution in [0.4, 0.5) is 0 Å². The van der Waals surface area contributed by atoms with Gasteiger partial charge < -0.3 is 9.64 Å². The van der Waals surface area contributed by atoms with Gasteiger partial charge in [-0.25, -0.2) is 0 Å². The SMILES string of the molecule is CSCC(=O)N(CC1CCN(C2Cc3ccccc3C2)CC1)C[C@H]1CCCO1. The lowest BCUT2D eigenvalue weighted by molar-refractivity contribution is -0.130. The molecule has 3 aliphatic rings. The molecule has 4 rings (SSSR count). The van der Waals surface area contributed by atoms with Crippen molar-refractivity contribution in [2.45, 2.75) is 50.7 Å². The van der Waals surface area contributed by atoms with Gasteiger partial charge in [0.15, 0.2) is 0 Å². The molecule has 1 aliphatic carbocycles. The van der Waals surface area contributed by atoms with E-state index in [4.69, 9.17) is 4.74 Å². The third kappa shape index (κ3) is 4.92. The number of likely N-dealkylation sites (tertiary alicyclic amines) is 1. The van der Waals surface area contributed by atoms with Crippen molar-refractivity contribution in [1.29, 1.82) is 0 Å². The van der Waals surface area contributed by atoms with E-state index >= 15 is 0 Å². The largest absolute Gasteiger partial charge is 0.376 e. The summed E-state index contributed by atoms with van der Waals surface area (Å²) in [7, 11) is 0. The highest BCUT2D eigenvalue weighted by Crippen LogP contribution is 2.29. The number of amides is 1. The number of benzene rings is 1. The molecule has 0 radical (unpaired) electrons. The van der Waals surface area contributed by atoms with Crippen LogP contribution in [0.2, 0.25) is 0 Å².